The summed E-state index contributed by atoms with van der Waals surface area (Å²) >= 11 is 0. The third kappa shape index (κ3) is 4.68. The first-order valence-corrected chi connectivity index (χ1v) is 7.67. The van der Waals surface area contributed by atoms with Crippen LogP contribution in [-0.4, -0.2) is 6.04 Å². The summed E-state index contributed by atoms with van der Waals surface area (Å²) in [4.78, 5) is 0. The van der Waals surface area contributed by atoms with Crippen molar-refractivity contribution in [1.29, 1.82) is 0 Å². The van der Waals surface area contributed by atoms with E-state index in [4.69, 9.17) is 0 Å². The van der Waals surface area contributed by atoms with Crippen LogP contribution in [0.2, 0.25) is 0 Å². The van der Waals surface area contributed by atoms with E-state index in [1.54, 1.807) is 0 Å². The van der Waals surface area contributed by atoms with Crippen LogP contribution in [0.15, 0.2) is 48.5 Å². The number of hydrogen-bond donors (Lipinski definition) is 1. The minimum Gasteiger partial charge on any atom is -0.307 e. The Morgan fingerprint density at radius 2 is 1.48 bits per heavy atom. The third-order valence-corrected chi connectivity index (χ3v) is 3.88. The van der Waals surface area contributed by atoms with Crippen molar-refractivity contribution in [1.82, 2.24) is 5.32 Å². The van der Waals surface area contributed by atoms with Crippen LogP contribution in [0.25, 0.3) is 0 Å². The van der Waals surface area contributed by atoms with E-state index in [1.165, 1.54) is 23.3 Å². The number of halogens is 1. The molecule has 0 aliphatic carbocycles. The standard InChI is InChI=1S/C19H24FN/c1-4-16-5-9-18(10-6-16)15(3)21-14(2)13-17-7-11-19(20)12-8-17/h5-12,14-15,21H,4,13H2,1-3H3. The first-order chi connectivity index (χ1) is 10.1. The van der Waals surface area contributed by atoms with Crippen molar-refractivity contribution in [3.63, 3.8) is 0 Å². The zero-order valence-corrected chi connectivity index (χ0v) is 13.1. The molecule has 0 aliphatic rings. The minimum atomic E-state index is -0.177. The fourth-order valence-corrected chi connectivity index (χ4v) is 2.60. The van der Waals surface area contributed by atoms with E-state index in [2.05, 4.69) is 50.4 Å². The molecule has 0 bridgehead atoms. The van der Waals surface area contributed by atoms with Crippen LogP contribution in [0.5, 0.6) is 0 Å². The van der Waals surface area contributed by atoms with Gasteiger partial charge in [-0.2, -0.15) is 0 Å². The Labute approximate surface area is 127 Å². The molecule has 0 aromatic heterocycles. The van der Waals surface area contributed by atoms with Gasteiger partial charge in [-0.25, -0.2) is 4.39 Å². The van der Waals surface area contributed by atoms with Gasteiger partial charge in [-0.05, 0) is 55.5 Å². The molecule has 0 amide bonds. The maximum absolute atomic E-state index is 12.9. The lowest BCUT2D eigenvalue weighted by Crippen LogP contribution is -2.30. The largest absolute Gasteiger partial charge is 0.307 e. The van der Waals surface area contributed by atoms with Gasteiger partial charge in [-0.3, -0.25) is 0 Å². The Morgan fingerprint density at radius 1 is 0.905 bits per heavy atom. The summed E-state index contributed by atoms with van der Waals surface area (Å²) in [6.45, 7) is 6.52. The Kier molecular flexibility index (Phi) is 5.51. The van der Waals surface area contributed by atoms with Crippen LogP contribution >= 0.6 is 0 Å². The average molecular weight is 285 g/mol. The summed E-state index contributed by atoms with van der Waals surface area (Å²) in [6, 6.07) is 16.2. The molecule has 1 nitrogen and oxygen atoms in total. The lowest BCUT2D eigenvalue weighted by Gasteiger charge is -2.21. The molecule has 0 heterocycles. The molecule has 0 saturated heterocycles. The molecule has 2 unspecified atom stereocenters. The van der Waals surface area contributed by atoms with E-state index in [0.29, 0.717) is 12.1 Å². The van der Waals surface area contributed by atoms with Crippen molar-refractivity contribution in [2.45, 2.75) is 45.7 Å². The number of hydrogen-bond acceptors (Lipinski definition) is 1. The van der Waals surface area contributed by atoms with E-state index in [0.717, 1.165) is 18.4 Å². The smallest absolute Gasteiger partial charge is 0.123 e. The Bertz CT molecular complexity index is 545. The monoisotopic (exact) mass is 285 g/mol. The molecular formula is C19H24FN. The van der Waals surface area contributed by atoms with Crippen molar-refractivity contribution in [2.24, 2.45) is 0 Å². The van der Waals surface area contributed by atoms with E-state index < -0.39 is 0 Å². The molecule has 0 fully saturated rings. The molecule has 0 spiro atoms. The van der Waals surface area contributed by atoms with Crippen molar-refractivity contribution in [2.75, 3.05) is 0 Å². The second-order valence-corrected chi connectivity index (χ2v) is 5.72. The van der Waals surface area contributed by atoms with Gasteiger partial charge in [0, 0.05) is 12.1 Å². The molecule has 2 atom stereocenters. The Balaban J connectivity index is 1.91. The van der Waals surface area contributed by atoms with Gasteiger partial charge in [0.15, 0.2) is 0 Å². The van der Waals surface area contributed by atoms with Crippen molar-refractivity contribution < 1.29 is 4.39 Å². The predicted molar refractivity (Wildman–Crippen MR) is 86.9 cm³/mol. The molecule has 112 valence electrons. The number of rotatable bonds is 6. The van der Waals surface area contributed by atoms with Gasteiger partial charge in [0.25, 0.3) is 0 Å². The van der Waals surface area contributed by atoms with Crippen LogP contribution < -0.4 is 5.32 Å². The number of nitrogens with one attached hydrogen (secondary N) is 1. The lowest BCUT2D eigenvalue weighted by atomic mass is 10.0. The normalized spacial score (nSPS) is 13.9. The molecule has 2 aromatic rings. The molecular weight excluding hydrogens is 261 g/mol. The molecule has 2 aromatic carbocycles. The fourth-order valence-electron chi connectivity index (χ4n) is 2.60. The zero-order valence-electron chi connectivity index (χ0n) is 13.1. The molecule has 2 heteroatoms. The summed E-state index contributed by atoms with van der Waals surface area (Å²) in [7, 11) is 0. The van der Waals surface area contributed by atoms with Gasteiger partial charge < -0.3 is 5.32 Å². The molecule has 0 radical (unpaired) electrons. The molecule has 2 rings (SSSR count). The summed E-state index contributed by atoms with van der Waals surface area (Å²) in [6.07, 6.45) is 1.97. The van der Waals surface area contributed by atoms with E-state index >= 15 is 0 Å². The van der Waals surface area contributed by atoms with Gasteiger partial charge in [-0.1, -0.05) is 43.3 Å². The molecule has 0 saturated carbocycles. The highest BCUT2D eigenvalue weighted by molar-refractivity contribution is 5.25. The fraction of sp³-hybridized carbons (Fsp3) is 0.368. The summed E-state index contributed by atoms with van der Waals surface area (Å²) in [5.41, 5.74) is 3.83. The van der Waals surface area contributed by atoms with Crippen LogP contribution in [0.1, 0.15) is 43.5 Å². The summed E-state index contributed by atoms with van der Waals surface area (Å²) < 4.78 is 12.9. The predicted octanol–water partition coefficient (Wildman–Crippen LogP) is 4.67. The van der Waals surface area contributed by atoms with Gasteiger partial charge in [0.2, 0.25) is 0 Å². The second kappa shape index (κ2) is 7.37. The maximum Gasteiger partial charge on any atom is 0.123 e. The highest BCUT2D eigenvalue weighted by atomic mass is 19.1. The minimum absolute atomic E-state index is 0.177. The summed E-state index contributed by atoms with van der Waals surface area (Å²) in [5.74, 6) is -0.177. The van der Waals surface area contributed by atoms with Gasteiger partial charge >= 0.3 is 0 Å². The van der Waals surface area contributed by atoms with Crippen LogP contribution in [-0.2, 0) is 12.8 Å². The molecule has 0 aliphatic heterocycles. The maximum atomic E-state index is 12.9. The first kappa shape index (κ1) is 15.7. The van der Waals surface area contributed by atoms with Crippen molar-refractivity contribution in [3.8, 4) is 0 Å². The topological polar surface area (TPSA) is 12.0 Å². The second-order valence-electron chi connectivity index (χ2n) is 5.72. The van der Waals surface area contributed by atoms with E-state index in [9.17, 15) is 4.39 Å². The number of aryl methyl sites for hydroxylation is 1. The van der Waals surface area contributed by atoms with E-state index in [-0.39, 0.29) is 5.82 Å². The van der Waals surface area contributed by atoms with Crippen molar-refractivity contribution in [3.05, 3.63) is 71.0 Å². The van der Waals surface area contributed by atoms with Crippen LogP contribution in [0.3, 0.4) is 0 Å². The van der Waals surface area contributed by atoms with Crippen LogP contribution in [0, 0.1) is 5.82 Å². The third-order valence-electron chi connectivity index (χ3n) is 3.88. The van der Waals surface area contributed by atoms with Crippen molar-refractivity contribution >= 4 is 0 Å². The first-order valence-electron chi connectivity index (χ1n) is 7.67. The van der Waals surface area contributed by atoms with Gasteiger partial charge in [0.05, 0.1) is 0 Å². The molecule has 1 N–H and O–H groups in total. The number of benzene rings is 2. The van der Waals surface area contributed by atoms with Gasteiger partial charge in [0.1, 0.15) is 5.82 Å². The van der Waals surface area contributed by atoms with E-state index in [1.807, 2.05) is 12.1 Å². The SMILES string of the molecule is CCc1ccc(C(C)NC(C)Cc2ccc(F)cc2)cc1. The Morgan fingerprint density at radius 3 is 2.05 bits per heavy atom. The van der Waals surface area contributed by atoms with Gasteiger partial charge in [-0.15, -0.1) is 0 Å². The highest BCUT2D eigenvalue weighted by Crippen LogP contribution is 2.15. The molecule has 21 heavy (non-hydrogen) atoms. The average Bonchev–Trinajstić information content (AvgIpc) is 2.49. The quantitative estimate of drug-likeness (QED) is 0.813. The summed E-state index contributed by atoms with van der Waals surface area (Å²) in [5, 5.41) is 3.60. The lowest BCUT2D eigenvalue weighted by molar-refractivity contribution is 0.477. The highest BCUT2D eigenvalue weighted by Gasteiger charge is 2.10. The zero-order chi connectivity index (χ0) is 15.2. The Hall–Kier alpha value is -1.67. The van der Waals surface area contributed by atoms with Crippen LogP contribution in [0.4, 0.5) is 4.39 Å².